The number of amides is 2. The van der Waals surface area contributed by atoms with Crippen LogP contribution in [-0.4, -0.2) is 39.2 Å². The first kappa shape index (κ1) is 23.8. The first-order valence-corrected chi connectivity index (χ1v) is 12.2. The van der Waals surface area contributed by atoms with Gasteiger partial charge in [0.05, 0.1) is 32.7 Å². The van der Waals surface area contributed by atoms with Crippen molar-refractivity contribution >= 4 is 34.0 Å². The summed E-state index contributed by atoms with van der Waals surface area (Å²) in [6.07, 6.45) is -1.01. The molecule has 8 nitrogen and oxygen atoms in total. The maximum atomic E-state index is 14.2. The molecule has 0 spiro atoms. The molecule has 2 heterocycles. The molecular formula is C30H26N2O6. The zero-order valence-electron chi connectivity index (χ0n) is 21.2. The Kier molecular flexibility index (Phi) is 5.88. The molecule has 0 aromatic heterocycles. The fraction of sp³-hybridized carbons (Fsp3) is 0.200. The molecule has 2 amide bonds. The third kappa shape index (κ3) is 3.48. The molecule has 0 bridgehead atoms. The number of hydrogen-bond acceptors (Lipinski definition) is 7. The second-order valence-corrected chi connectivity index (χ2v) is 9.09. The molecule has 6 rings (SSSR count). The van der Waals surface area contributed by atoms with Crippen molar-refractivity contribution in [3.63, 3.8) is 0 Å². The number of ether oxygens (including phenoxy) is 3. The van der Waals surface area contributed by atoms with Crippen LogP contribution in [0.15, 0.2) is 84.9 Å². The molecule has 4 aromatic rings. The van der Waals surface area contributed by atoms with Gasteiger partial charge in [0, 0.05) is 10.9 Å². The maximum absolute atomic E-state index is 14.2. The van der Waals surface area contributed by atoms with Gasteiger partial charge in [-0.3, -0.25) is 14.4 Å². The molecule has 192 valence electrons. The highest BCUT2D eigenvalue weighted by molar-refractivity contribution is 6.26. The number of imide groups is 1. The minimum Gasteiger partial charge on any atom is -0.493 e. The lowest BCUT2D eigenvalue weighted by atomic mass is 9.89. The van der Waals surface area contributed by atoms with E-state index in [-0.39, 0.29) is 5.91 Å². The monoisotopic (exact) mass is 510 g/mol. The van der Waals surface area contributed by atoms with Gasteiger partial charge in [-0.15, -0.1) is 0 Å². The molecule has 38 heavy (non-hydrogen) atoms. The van der Waals surface area contributed by atoms with E-state index in [0.29, 0.717) is 34.2 Å². The predicted octanol–water partition coefficient (Wildman–Crippen LogP) is 4.92. The van der Waals surface area contributed by atoms with Crippen LogP contribution in [-0.2, 0) is 14.4 Å². The van der Waals surface area contributed by atoms with Gasteiger partial charge in [-0.05, 0) is 35.7 Å². The highest BCUT2D eigenvalue weighted by Crippen LogP contribution is 2.53. The molecule has 2 aliphatic rings. The summed E-state index contributed by atoms with van der Waals surface area (Å²) >= 11 is 0. The number of para-hydroxylation sites is 1. The Labute approximate surface area is 219 Å². The minimum atomic E-state index is -1.01. The van der Waals surface area contributed by atoms with Crippen molar-refractivity contribution in [3.05, 3.63) is 90.5 Å². The number of nitrogens with zero attached hydrogens (tertiary/aromatic N) is 2. The summed E-state index contributed by atoms with van der Waals surface area (Å²) in [4.78, 5) is 35.6. The Bertz CT molecular complexity index is 1530. The second-order valence-electron chi connectivity index (χ2n) is 9.09. The highest BCUT2D eigenvalue weighted by atomic mass is 16.7. The molecule has 2 fully saturated rings. The second kappa shape index (κ2) is 9.39. The number of anilines is 2. The number of benzene rings is 4. The number of rotatable bonds is 6. The summed E-state index contributed by atoms with van der Waals surface area (Å²) in [7, 11) is 4.60. The van der Waals surface area contributed by atoms with E-state index in [1.165, 1.54) is 19.1 Å². The van der Waals surface area contributed by atoms with Gasteiger partial charge >= 0.3 is 0 Å². The number of carbonyl (C=O) groups excluding carboxylic acids is 2. The molecule has 2 saturated heterocycles. The van der Waals surface area contributed by atoms with Crippen molar-refractivity contribution in [2.75, 3.05) is 31.3 Å². The van der Waals surface area contributed by atoms with E-state index in [4.69, 9.17) is 19.0 Å². The van der Waals surface area contributed by atoms with Crippen LogP contribution in [0.1, 0.15) is 11.6 Å². The number of fused-ring (bicyclic) bond motifs is 2. The SMILES string of the molecule is COc1ccc([C@H]2[C@H]3C(=O)N(c4cccc5ccccc45)C(=O)[C@H]3ON2c2ccccc2)c(OC)c1OC. The van der Waals surface area contributed by atoms with Gasteiger partial charge in [0.25, 0.3) is 5.91 Å². The zero-order valence-corrected chi connectivity index (χ0v) is 21.2. The van der Waals surface area contributed by atoms with E-state index < -0.39 is 24.0 Å². The summed E-state index contributed by atoms with van der Waals surface area (Å²) in [5.41, 5.74) is 1.89. The van der Waals surface area contributed by atoms with Gasteiger partial charge in [-0.2, -0.15) is 0 Å². The molecule has 2 aliphatic heterocycles. The topological polar surface area (TPSA) is 77.5 Å². The summed E-state index contributed by atoms with van der Waals surface area (Å²) in [5.74, 6) is -0.275. The van der Waals surface area contributed by atoms with Gasteiger partial charge in [0.1, 0.15) is 12.0 Å². The van der Waals surface area contributed by atoms with Crippen molar-refractivity contribution < 1.29 is 28.6 Å². The van der Waals surface area contributed by atoms with E-state index in [1.54, 1.807) is 24.3 Å². The van der Waals surface area contributed by atoms with Gasteiger partial charge < -0.3 is 14.2 Å². The molecule has 0 N–H and O–H groups in total. The Hall–Kier alpha value is -4.56. The average Bonchev–Trinajstić information content (AvgIpc) is 3.47. The van der Waals surface area contributed by atoms with Crippen LogP contribution in [0, 0.1) is 5.92 Å². The van der Waals surface area contributed by atoms with E-state index in [1.807, 2.05) is 72.8 Å². The van der Waals surface area contributed by atoms with Crippen molar-refractivity contribution in [3.8, 4) is 17.2 Å². The summed E-state index contributed by atoms with van der Waals surface area (Å²) in [5, 5.41) is 3.39. The standard InChI is InChI=1S/C30H26N2O6/c1-35-23-17-16-21(26(36-2)27(23)37-3)25-24-28(38-32(25)19-12-5-4-6-13-19)30(34)31(29(24)33)22-15-9-11-18-10-7-8-14-20(18)22/h4-17,24-25,28H,1-3H3/t24-,25+,28+/m1/s1. The van der Waals surface area contributed by atoms with Crippen molar-refractivity contribution in [2.24, 2.45) is 5.92 Å². The zero-order chi connectivity index (χ0) is 26.4. The number of hydroxylamine groups is 1. The number of carbonyl (C=O) groups is 2. The average molecular weight is 511 g/mol. The van der Waals surface area contributed by atoms with Crippen LogP contribution >= 0.6 is 0 Å². The van der Waals surface area contributed by atoms with Crippen LogP contribution in [0.5, 0.6) is 17.2 Å². The van der Waals surface area contributed by atoms with Crippen LogP contribution in [0.2, 0.25) is 0 Å². The molecule has 8 heteroatoms. The third-order valence-electron chi connectivity index (χ3n) is 7.19. The Morgan fingerprint density at radius 2 is 1.42 bits per heavy atom. The molecule has 0 saturated carbocycles. The molecule has 0 unspecified atom stereocenters. The molecule has 0 aliphatic carbocycles. The van der Waals surface area contributed by atoms with E-state index in [0.717, 1.165) is 10.8 Å². The van der Waals surface area contributed by atoms with Gasteiger partial charge in [0.2, 0.25) is 11.7 Å². The van der Waals surface area contributed by atoms with Crippen LogP contribution in [0.4, 0.5) is 11.4 Å². The van der Waals surface area contributed by atoms with Crippen molar-refractivity contribution in [1.29, 1.82) is 0 Å². The van der Waals surface area contributed by atoms with E-state index in [9.17, 15) is 9.59 Å². The number of hydrogen-bond donors (Lipinski definition) is 0. The van der Waals surface area contributed by atoms with Crippen molar-refractivity contribution in [2.45, 2.75) is 12.1 Å². The maximum Gasteiger partial charge on any atom is 0.266 e. The van der Waals surface area contributed by atoms with Gasteiger partial charge in [-0.1, -0.05) is 54.6 Å². The molecule has 3 atom stereocenters. The van der Waals surface area contributed by atoms with Crippen molar-refractivity contribution in [1.82, 2.24) is 0 Å². The van der Waals surface area contributed by atoms with Crippen LogP contribution in [0.25, 0.3) is 10.8 Å². The van der Waals surface area contributed by atoms with Gasteiger partial charge in [0.15, 0.2) is 17.6 Å². The lowest BCUT2D eigenvalue weighted by Gasteiger charge is -2.30. The third-order valence-corrected chi connectivity index (χ3v) is 7.19. The largest absolute Gasteiger partial charge is 0.493 e. The summed E-state index contributed by atoms with van der Waals surface area (Å²) in [6.45, 7) is 0. The lowest BCUT2D eigenvalue weighted by Crippen LogP contribution is -2.37. The first-order valence-electron chi connectivity index (χ1n) is 12.2. The molecule has 4 aromatic carbocycles. The Morgan fingerprint density at radius 1 is 0.711 bits per heavy atom. The first-order chi connectivity index (χ1) is 18.6. The van der Waals surface area contributed by atoms with Crippen LogP contribution in [0.3, 0.4) is 0 Å². The fourth-order valence-corrected chi connectivity index (χ4v) is 5.53. The molecular weight excluding hydrogens is 484 g/mol. The Balaban J connectivity index is 1.51. The summed E-state index contributed by atoms with van der Waals surface area (Å²) < 4.78 is 16.9. The minimum absolute atomic E-state index is 0.336. The quantitative estimate of drug-likeness (QED) is 0.341. The molecule has 0 radical (unpaired) electrons. The number of methoxy groups -OCH3 is 3. The van der Waals surface area contributed by atoms with Crippen LogP contribution < -0.4 is 24.2 Å². The normalized spacial score (nSPS) is 20.7. The van der Waals surface area contributed by atoms with Gasteiger partial charge in [-0.25, -0.2) is 9.96 Å². The fourth-order valence-electron chi connectivity index (χ4n) is 5.53. The highest BCUT2D eigenvalue weighted by Gasteiger charge is 2.61. The smallest absolute Gasteiger partial charge is 0.266 e. The lowest BCUT2D eigenvalue weighted by molar-refractivity contribution is -0.126. The van der Waals surface area contributed by atoms with E-state index in [2.05, 4.69) is 0 Å². The summed E-state index contributed by atoms with van der Waals surface area (Å²) in [6, 6.07) is 25.6. The van der Waals surface area contributed by atoms with E-state index >= 15 is 0 Å². The predicted molar refractivity (Wildman–Crippen MR) is 143 cm³/mol. The Morgan fingerprint density at radius 3 is 2.16 bits per heavy atom.